The van der Waals surface area contributed by atoms with Crippen molar-refractivity contribution in [3.63, 3.8) is 0 Å². The van der Waals surface area contributed by atoms with Gasteiger partial charge in [0.05, 0.1) is 10.7 Å². The summed E-state index contributed by atoms with van der Waals surface area (Å²) in [5, 5.41) is 12.0. The molecule has 0 unspecified atom stereocenters. The third-order valence-corrected chi connectivity index (χ3v) is 3.97. The molecule has 1 saturated heterocycles. The maximum Gasteiger partial charge on any atom is 0.339 e. The standard InChI is InChI=1S/C15H19ClN2O3/c1-15(2)7-4-8-18(9-15)14(21)17-11-6-3-5-10(16)12(11)13(19)20/h3,5-6H,4,7-9H2,1-2H3,(H,17,21)(H,19,20). The molecule has 0 spiro atoms. The van der Waals surface area contributed by atoms with Crippen LogP contribution in [0, 0.1) is 5.41 Å². The zero-order chi connectivity index (χ0) is 15.6. The molecule has 2 amide bonds. The smallest absolute Gasteiger partial charge is 0.339 e. The highest BCUT2D eigenvalue weighted by molar-refractivity contribution is 6.34. The van der Waals surface area contributed by atoms with Crippen molar-refractivity contribution in [2.24, 2.45) is 5.41 Å². The number of benzene rings is 1. The van der Waals surface area contributed by atoms with E-state index < -0.39 is 5.97 Å². The van der Waals surface area contributed by atoms with Crippen molar-refractivity contribution in [1.82, 2.24) is 4.90 Å². The van der Waals surface area contributed by atoms with Crippen molar-refractivity contribution in [3.05, 3.63) is 28.8 Å². The number of nitrogens with one attached hydrogen (secondary N) is 1. The van der Waals surface area contributed by atoms with Gasteiger partial charge in [-0.3, -0.25) is 0 Å². The molecule has 2 N–H and O–H groups in total. The normalized spacial score (nSPS) is 17.4. The Bertz CT molecular complexity index is 572. The zero-order valence-corrected chi connectivity index (χ0v) is 12.9. The summed E-state index contributed by atoms with van der Waals surface area (Å²) < 4.78 is 0. The Balaban J connectivity index is 2.17. The highest BCUT2D eigenvalue weighted by Gasteiger charge is 2.29. The number of carboxylic acid groups (broad SMARTS) is 1. The van der Waals surface area contributed by atoms with Crippen molar-refractivity contribution in [2.75, 3.05) is 18.4 Å². The minimum absolute atomic E-state index is 0.0798. The van der Waals surface area contributed by atoms with Gasteiger partial charge < -0.3 is 15.3 Å². The second kappa shape index (κ2) is 5.93. The predicted molar refractivity (Wildman–Crippen MR) is 82.0 cm³/mol. The average molecular weight is 311 g/mol. The number of hydrogen-bond donors (Lipinski definition) is 2. The summed E-state index contributed by atoms with van der Waals surface area (Å²) in [6.45, 7) is 5.57. The van der Waals surface area contributed by atoms with Crippen LogP contribution in [-0.4, -0.2) is 35.1 Å². The molecule has 1 aliphatic rings. The van der Waals surface area contributed by atoms with Crippen LogP contribution in [0.15, 0.2) is 18.2 Å². The van der Waals surface area contributed by atoms with E-state index >= 15 is 0 Å². The lowest BCUT2D eigenvalue weighted by Gasteiger charge is -2.38. The predicted octanol–water partition coefficient (Wildman–Crippen LogP) is 3.69. The van der Waals surface area contributed by atoms with Gasteiger partial charge in [-0.25, -0.2) is 9.59 Å². The van der Waals surface area contributed by atoms with Crippen LogP contribution in [-0.2, 0) is 0 Å². The molecule has 2 rings (SSSR count). The first-order valence-corrected chi connectivity index (χ1v) is 7.26. The third-order valence-electron chi connectivity index (χ3n) is 3.66. The van der Waals surface area contributed by atoms with E-state index in [1.165, 1.54) is 6.07 Å². The Morgan fingerprint density at radius 1 is 1.38 bits per heavy atom. The fourth-order valence-electron chi connectivity index (χ4n) is 2.64. The number of nitrogens with zero attached hydrogens (tertiary/aromatic N) is 1. The minimum atomic E-state index is -1.16. The van der Waals surface area contributed by atoms with Crippen LogP contribution in [0.3, 0.4) is 0 Å². The summed E-state index contributed by atoms with van der Waals surface area (Å²) in [5.74, 6) is -1.16. The number of hydrogen-bond acceptors (Lipinski definition) is 2. The lowest BCUT2D eigenvalue weighted by Crippen LogP contribution is -2.45. The fraction of sp³-hybridized carbons (Fsp3) is 0.467. The maximum atomic E-state index is 12.3. The van der Waals surface area contributed by atoms with Crippen molar-refractivity contribution >= 4 is 29.3 Å². The van der Waals surface area contributed by atoms with Gasteiger partial charge in [0.2, 0.25) is 0 Å². The average Bonchev–Trinajstić information content (AvgIpc) is 2.37. The van der Waals surface area contributed by atoms with E-state index in [9.17, 15) is 14.7 Å². The van der Waals surface area contributed by atoms with Crippen molar-refractivity contribution < 1.29 is 14.7 Å². The van der Waals surface area contributed by atoms with Gasteiger partial charge in [-0.2, -0.15) is 0 Å². The number of amides is 2. The van der Waals surface area contributed by atoms with Crippen LogP contribution in [0.2, 0.25) is 5.02 Å². The van der Waals surface area contributed by atoms with Gasteiger partial charge in [0, 0.05) is 13.1 Å². The molecule has 114 valence electrons. The monoisotopic (exact) mass is 310 g/mol. The SMILES string of the molecule is CC1(C)CCCN(C(=O)Nc2cccc(Cl)c2C(=O)O)C1. The Hall–Kier alpha value is -1.75. The number of carbonyl (C=O) groups is 2. The third kappa shape index (κ3) is 3.67. The molecule has 1 aromatic rings. The van der Waals surface area contributed by atoms with Crippen LogP contribution >= 0.6 is 11.6 Å². The van der Waals surface area contributed by atoms with Gasteiger partial charge in [-0.05, 0) is 30.4 Å². The molecule has 1 aliphatic heterocycles. The molecular formula is C15H19ClN2O3. The van der Waals surface area contributed by atoms with E-state index in [1.54, 1.807) is 17.0 Å². The van der Waals surface area contributed by atoms with E-state index in [-0.39, 0.29) is 27.7 Å². The highest BCUT2D eigenvalue weighted by Crippen LogP contribution is 2.29. The topological polar surface area (TPSA) is 69.6 Å². The molecule has 1 fully saturated rings. The number of halogens is 1. The summed E-state index contributed by atoms with van der Waals surface area (Å²) in [6, 6.07) is 4.37. The summed E-state index contributed by atoms with van der Waals surface area (Å²) in [4.78, 5) is 25.3. The fourth-order valence-corrected chi connectivity index (χ4v) is 2.89. The number of likely N-dealkylation sites (tertiary alicyclic amines) is 1. The van der Waals surface area contributed by atoms with Gasteiger partial charge in [0.1, 0.15) is 5.56 Å². The van der Waals surface area contributed by atoms with Gasteiger partial charge in [-0.1, -0.05) is 31.5 Å². The molecule has 0 saturated carbocycles. The summed E-state index contributed by atoms with van der Waals surface area (Å²) in [7, 11) is 0. The van der Waals surface area contributed by atoms with E-state index in [4.69, 9.17) is 11.6 Å². The number of urea groups is 1. The summed E-state index contributed by atoms with van der Waals surface area (Å²) in [6.07, 6.45) is 2.02. The van der Waals surface area contributed by atoms with Crippen LogP contribution in [0.5, 0.6) is 0 Å². The number of rotatable bonds is 2. The Kier molecular flexibility index (Phi) is 4.42. The highest BCUT2D eigenvalue weighted by atomic mass is 35.5. The first-order chi connectivity index (χ1) is 9.80. The van der Waals surface area contributed by atoms with E-state index in [0.29, 0.717) is 13.1 Å². The first kappa shape index (κ1) is 15.6. The molecule has 6 heteroatoms. The van der Waals surface area contributed by atoms with E-state index in [2.05, 4.69) is 19.2 Å². The minimum Gasteiger partial charge on any atom is -0.478 e. The number of carbonyl (C=O) groups excluding carboxylic acids is 1. The second-order valence-electron chi connectivity index (χ2n) is 6.09. The molecule has 21 heavy (non-hydrogen) atoms. The molecule has 0 radical (unpaired) electrons. The number of carboxylic acids is 1. The second-order valence-corrected chi connectivity index (χ2v) is 6.49. The summed E-state index contributed by atoms with van der Waals surface area (Å²) in [5.41, 5.74) is 0.228. The van der Waals surface area contributed by atoms with Gasteiger partial charge >= 0.3 is 12.0 Å². The summed E-state index contributed by atoms with van der Waals surface area (Å²) >= 11 is 5.89. The van der Waals surface area contributed by atoms with Crippen molar-refractivity contribution in [1.29, 1.82) is 0 Å². The Morgan fingerprint density at radius 2 is 2.10 bits per heavy atom. The van der Waals surface area contributed by atoms with Crippen LogP contribution < -0.4 is 5.32 Å². The Morgan fingerprint density at radius 3 is 2.71 bits per heavy atom. The molecule has 0 aromatic heterocycles. The maximum absolute atomic E-state index is 12.3. The van der Waals surface area contributed by atoms with Gasteiger partial charge in [-0.15, -0.1) is 0 Å². The number of aromatic carboxylic acids is 1. The number of anilines is 1. The molecule has 0 aliphatic carbocycles. The molecular weight excluding hydrogens is 292 g/mol. The van der Waals surface area contributed by atoms with E-state index in [0.717, 1.165) is 12.8 Å². The van der Waals surface area contributed by atoms with Crippen LogP contribution in [0.1, 0.15) is 37.0 Å². The molecule has 0 atom stereocenters. The van der Waals surface area contributed by atoms with E-state index in [1.807, 2.05) is 0 Å². The van der Waals surface area contributed by atoms with Gasteiger partial charge in [0.25, 0.3) is 0 Å². The van der Waals surface area contributed by atoms with Crippen molar-refractivity contribution in [3.8, 4) is 0 Å². The lowest BCUT2D eigenvalue weighted by atomic mass is 9.84. The zero-order valence-electron chi connectivity index (χ0n) is 12.1. The number of piperidine rings is 1. The van der Waals surface area contributed by atoms with Crippen LogP contribution in [0.25, 0.3) is 0 Å². The van der Waals surface area contributed by atoms with Gasteiger partial charge in [0.15, 0.2) is 0 Å². The Labute approximate surface area is 128 Å². The lowest BCUT2D eigenvalue weighted by molar-refractivity contribution is 0.0698. The molecule has 0 bridgehead atoms. The van der Waals surface area contributed by atoms with Crippen LogP contribution in [0.4, 0.5) is 10.5 Å². The largest absolute Gasteiger partial charge is 0.478 e. The first-order valence-electron chi connectivity index (χ1n) is 6.88. The molecule has 5 nitrogen and oxygen atoms in total. The molecule has 1 aromatic carbocycles. The van der Waals surface area contributed by atoms with Crippen molar-refractivity contribution in [2.45, 2.75) is 26.7 Å². The molecule has 1 heterocycles. The quantitative estimate of drug-likeness (QED) is 0.875.